The zero-order chi connectivity index (χ0) is 32.4. The highest BCUT2D eigenvalue weighted by molar-refractivity contribution is 6.30. The van der Waals surface area contributed by atoms with Crippen LogP contribution in [0.5, 0.6) is 5.75 Å². The first-order valence-electron chi connectivity index (χ1n) is 15.6. The molecule has 6 rings (SSSR count). The summed E-state index contributed by atoms with van der Waals surface area (Å²) in [6.07, 6.45) is 5.19. The number of aromatic nitrogens is 2. The molecule has 7 nitrogen and oxygen atoms in total. The van der Waals surface area contributed by atoms with Gasteiger partial charge in [-0.05, 0) is 86.3 Å². The van der Waals surface area contributed by atoms with Crippen LogP contribution in [-0.2, 0) is 6.61 Å². The lowest BCUT2D eigenvalue weighted by Crippen LogP contribution is -2.31. The second-order valence-corrected chi connectivity index (χ2v) is 12.4. The van der Waals surface area contributed by atoms with E-state index < -0.39 is 11.8 Å². The van der Waals surface area contributed by atoms with Gasteiger partial charge < -0.3 is 19.7 Å². The number of amides is 1. The molecule has 10 heteroatoms. The predicted molar refractivity (Wildman–Crippen MR) is 185 cm³/mol. The minimum atomic E-state index is -1.04. The number of imidazole rings is 1. The second-order valence-electron chi connectivity index (χ2n) is 12.0. The molecule has 244 valence electrons. The van der Waals surface area contributed by atoms with Gasteiger partial charge in [-0.3, -0.25) is 4.79 Å². The largest absolute Gasteiger partial charge is 0.489 e. The fourth-order valence-corrected chi connectivity index (χ4v) is 6.37. The van der Waals surface area contributed by atoms with Gasteiger partial charge in [0.15, 0.2) is 0 Å². The maximum atomic E-state index is 16.0. The molecule has 47 heavy (non-hydrogen) atoms. The fraction of sp³-hybridized carbons (Fsp3) is 0.270. The van der Waals surface area contributed by atoms with Gasteiger partial charge in [0.25, 0.3) is 5.91 Å². The van der Waals surface area contributed by atoms with E-state index in [2.05, 4.69) is 9.88 Å². The first-order valence-corrected chi connectivity index (χ1v) is 15.9. The van der Waals surface area contributed by atoms with E-state index in [1.807, 2.05) is 38.1 Å². The zero-order valence-electron chi connectivity index (χ0n) is 26.1. The van der Waals surface area contributed by atoms with Gasteiger partial charge in [0.2, 0.25) is 0 Å². The molecule has 1 aliphatic carbocycles. The second kappa shape index (κ2) is 14.6. The quantitative estimate of drug-likeness (QED) is 0.162. The zero-order valence-corrected chi connectivity index (χ0v) is 27.7. The van der Waals surface area contributed by atoms with Gasteiger partial charge in [-0.15, -0.1) is 12.4 Å². The lowest BCUT2D eigenvalue weighted by atomic mass is 9.94. The lowest BCUT2D eigenvalue weighted by molar-refractivity contribution is 0.0696. The Morgan fingerprint density at radius 1 is 1.00 bits per heavy atom. The van der Waals surface area contributed by atoms with Crippen molar-refractivity contribution in [3.05, 3.63) is 106 Å². The number of aromatic carboxylic acids is 1. The summed E-state index contributed by atoms with van der Waals surface area (Å²) in [5.41, 5.74) is 4.58. The highest BCUT2D eigenvalue weighted by Crippen LogP contribution is 2.38. The molecule has 1 aliphatic rings. The average molecular weight is 677 g/mol. The molecule has 0 bridgehead atoms. The number of nitrogens with one attached hydrogen (secondary N) is 1. The first-order chi connectivity index (χ1) is 22.2. The van der Waals surface area contributed by atoms with Crippen molar-refractivity contribution in [3.8, 4) is 28.3 Å². The molecule has 4 aromatic carbocycles. The Hall–Kier alpha value is -4.40. The van der Waals surface area contributed by atoms with E-state index in [4.69, 9.17) is 21.3 Å². The highest BCUT2D eigenvalue weighted by Gasteiger charge is 2.25. The van der Waals surface area contributed by atoms with E-state index in [0.29, 0.717) is 38.8 Å². The summed E-state index contributed by atoms with van der Waals surface area (Å²) >= 11 is 6.13. The highest BCUT2D eigenvalue weighted by atomic mass is 35.5. The van der Waals surface area contributed by atoms with E-state index in [9.17, 15) is 14.7 Å². The van der Waals surface area contributed by atoms with Crippen LogP contribution in [0.4, 0.5) is 4.39 Å². The molecule has 1 saturated carbocycles. The van der Waals surface area contributed by atoms with Gasteiger partial charge in [0.05, 0.1) is 22.2 Å². The van der Waals surface area contributed by atoms with Crippen molar-refractivity contribution in [2.45, 2.75) is 64.6 Å². The third-order valence-electron chi connectivity index (χ3n) is 8.44. The Labute approximate surface area is 284 Å². The van der Waals surface area contributed by atoms with Crippen molar-refractivity contribution in [1.82, 2.24) is 14.9 Å². The number of fused-ring (bicyclic) bond motifs is 1. The maximum absolute atomic E-state index is 16.0. The molecule has 1 heterocycles. The molecular weight excluding hydrogens is 640 g/mol. The Kier molecular flexibility index (Phi) is 10.5. The monoisotopic (exact) mass is 675 g/mol. The Balaban J connectivity index is 0.00000433. The van der Waals surface area contributed by atoms with Crippen molar-refractivity contribution in [2.24, 2.45) is 0 Å². The van der Waals surface area contributed by atoms with Crippen LogP contribution in [0, 0.1) is 5.82 Å². The number of nitrogens with zero attached hydrogens (tertiary/aromatic N) is 2. The van der Waals surface area contributed by atoms with E-state index in [1.165, 1.54) is 6.07 Å². The maximum Gasteiger partial charge on any atom is 0.335 e. The standard InChI is InChI=1S/C37H35ClFN3O4.ClH/c1-22(2)40-36(43)29-10-6-9-28(23-11-14-25(38)15-12-23)31(29)21-46-27-16-17-30(32(39)20-27)35-41-33-19-24(37(44)45)13-18-34(33)42(35)26-7-4-3-5-8-26;/h6,9-20,22,26H,3-5,7-8,21H2,1-2H3,(H,40,43)(H,44,45);1H. The van der Waals surface area contributed by atoms with Crippen LogP contribution >= 0.6 is 24.0 Å². The third kappa shape index (κ3) is 7.29. The number of ether oxygens (including phenoxy) is 1. The number of carbonyl (C=O) groups excluding carboxylic acids is 1. The molecular formula is C37H36Cl2FN3O4. The van der Waals surface area contributed by atoms with Crippen LogP contribution in [0.2, 0.25) is 5.02 Å². The molecule has 0 aliphatic heterocycles. The molecule has 5 aromatic rings. The first kappa shape index (κ1) is 33.9. The molecule has 0 atom stereocenters. The van der Waals surface area contributed by atoms with Crippen molar-refractivity contribution >= 4 is 46.9 Å². The number of hydrogen-bond donors (Lipinski definition) is 2. The van der Waals surface area contributed by atoms with Gasteiger partial charge in [-0.2, -0.15) is 0 Å². The van der Waals surface area contributed by atoms with E-state index in [1.54, 1.807) is 48.5 Å². The minimum Gasteiger partial charge on any atom is -0.489 e. The Morgan fingerprint density at radius 2 is 1.74 bits per heavy atom. The lowest BCUT2D eigenvalue weighted by Gasteiger charge is -2.25. The number of hydrogen-bond acceptors (Lipinski definition) is 4. The minimum absolute atomic E-state index is 0. The third-order valence-corrected chi connectivity index (χ3v) is 8.69. The van der Waals surface area contributed by atoms with Crippen molar-refractivity contribution < 1.29 is 23.8 Å². The van der Waals surface area contributed by atoms with Crippen LogP contribution in [0.3, 0.4) is 0 Å². The number of carbonyl (C=O) groups is 2. The van der Waals surface area contributed by atoms with Gasteiger partial charge in [-0.25, -0.2) is 14.2 Å². The van der Waals surface area contributed by atoms with Gasteiger partial charge >= 0.3 is 5.97 Å². The normalized spacial score (nSPS) is 13.4. The smallest absolute Gasteiger partial charge is 0.335 e. The number of carboxylic acid groups (broad SMARTS) is 1. The van der Waals surface area contributed by atoms with Crippen LogP contribution in [0.25, 0.3) is 33.5 Å². The Bertz CT molecular complexity index is 1920. The molecule has 2 N–H and O–H groups in total. The summed E-state index contributed by atoms with van der Waals surface area (Å²) in [6.45, 7) is 3.82. The molecule has 1 amide bonds. The van der Waals surface area contributed by atoms with Crippen molar-refractivity contribution in [2.75, 3.05) is 0 Å². The molecule has 0 saturated heterocycles. The van der Waals surface area contributed by atoms with Gasteiger partial charge in [0.1, 0.15) is 24.0 Å². The molecule has 0 spiro atoms. The van der Waals surface area contributed by atoms with Crippen LogP contribution in [0.1, 0.15) is 78.3 Å². The topological polar surface area (TPSA) is 93.4 Å². The molecule has 0 unspecified atom stereocenters. The average Bonchev–Trinajstić information content (AvgIpc) is 3.42. The summed E-state index contributed by atoms with van der Waals surface area (Å²) in [7, 11) is 0. The fourth-order valence-electron chi connectivity index (χ4n) is 6.25. The number of carboxylic acids is 1. The van der Waals surface area contributed by atoms with Crippen molar-refractivity contribution in [1.29, 1.82) is 0 Å². The summed E-state index contributed by atoms with van der Waals surface area (Å²) in [5, 5.41) is 13.1. The summed E-state index contributed by atoms with van der Waals surface area (Å²) in [4.78, 5) is 29.6. The van der Waals surface area contributed by atoms with E-state index >= 15 is 4.39 Å². The van der Waals surface area contributed by atoms with Crippen LogP contribution in [-0.4, -0.2) is 32.6 Å². The Morgan fingerprint density at radius 3 is 2.43 bits per heavy atom. The SMILES string of the molecule is CC(C)NC(=O)c1cccc(-c2ccc(Cl)cc2)c1COc1ccc(-c2nc3cc(C(=O)O)ccc3n2C2CCCCC2)c(F)c1.Cl. The number of benzene rings is 4. The van der Waals surface area contributed by atoms with Crippen LogP contribution in [0.15, 0.2) is 78.9 Å². The van der Waals surface area contributed by atoms with Gasteiger partial charge in [-0.1, -0.05) is 55.1 Å². The molecule has 0 radical (unpaired) electrons. The van der Waals surface area contributed by atoms with E-state index in [-0.39, 0.29) is 42.6 Å². The summed E-state index contributed by atoms with van der Waals surface area (Å²) in [6, 6.07) is 22.5. The number of halogens is 3. The summed E-state index contributed by atoms with van der Waals surface area (Å²) < 4.78 is 24.2. The van der Waals surface area contributed by atoms with Crippen molar-refractivity contribution in [3.63, 3.8) is 0 Å². The predicted octanol–water partition coefficient (Wildman–Crippen LogP) is 9.51. The molecule has 1 fully saturated rings. The van der Waals surface area contributed by atoms with E-state index in [0.717, 1.165) is 48.7 Å². The number of rotatable bonds is 9. The van der Waals surface area contributed by atoms with Crippen LogP contribution < -0.4 is 10.1 Å². The summed E-state index contributed by atoms with van der Waals surface area (Å²) in [5.74, 6) is -0.999. The molecule has 1 aromatic heterocycles. The van der Waals surface area contributed by atoms with Gasteiger partial charge in [0, 0.05) is 34.3 Å².